The molecule has 0 atom stereocenters. The molecule has 0 saturated carbocycles. The van der Waals surface area contributed by atoms with Gasteiger partial charge in [0.15, 0.2) is 4.90 Å². The van der Waals surface area contributed by atoms with Crippen molar-refractivity contribution in [1.29, 1.82) is 0 Å². The number of hydrogen-bond donors (Lipinski definition) is 0. The van der Waals surface area contributed by atoms with Crippen LogP contribution in [0.4, 0.5) is 18.9 Å². The molecule has 1 aromatic heterocycles. The molecule has 0 spiro atoms. The minimum atomic E-state index is -4.80. The molecular formula is C15H16F3N5O5S. The Morgan fingerprint density at radius 2 is 1.79 bits per heavy atom. The Balaban J connectivity index is 1.83. The summed E-state index contributed by atoms with van der Waals surface area (Å²) in [6.45, 7) is -0.243. The average Bonchev–Trinajstić information content (AvgIpc) is 2.97. The summed E-state index contributed by atoms with van der Waals surface area (Å²) in [5, 5.41) is 14.5. The molecule has 1 fully saturated rings. The van der Waals surface area contributed by atoms with Gasteiger partial charge in [-0.05, 0) is 18.9 Å². The van der Waals surface area contributed by atoms with Gasteiger partial charge in [0.05, 0.1) is 11.0 Å². The van der Waals surface area contributed by atoms with E-state index in [1.54, 1.807) is 0 Å². The lowest BCUT2D eigenvalue weighted by atomic mass is 10.1. The lowest BCUT2D eigenvalue weighted by Gasteiger charge is -2.30. The Hall–Kier alpha value is -2.74. The molecule has 0 unspecified atom stereocenters. The number of sulfonamides is 1. The van der Waals surface area contributed by atoms with Crippen molar-refractivity contribution in [2.24, 2.45) is 7.05 Å². The monoisotopic (exact) mass is 435 g/mol. The summed E-state index contributed by atoms with van der Waals surface area (Å²) in [5.41, 5.74) is -1.51. The third-order valence-corrected chi connectivity index (χ3v) is 6.65. The van der Waals surface area contributed by atoms with E-state index in [1.165, 1.54) is 12.1 Å². The van der Waals surface area contributed by atoms with Crippen molar-refractivity contribution in [1.82, 2.24) is 18.7 Å². The van der Waals surface area contributed by atoms with E-state index in [4.69, 9.17) is 0 Å². The summed E-state index contributed by atoms with van der Waals surface area (Å²) in [6.07, 6.45) is -4.72. The van der Waals surface area contributed by atoms with Gasteiger partial charge in [0, 0.05) is 26.2 Å². The van der Waals surface area contributed by atoms with Crippen LogP contribution in [0, 0.1) is 10.1 Å². The van der Waals surface area contributed by atoms with Crippen LogP contribution in [0.2, 0.25) is 0 Å². The lowest BCUT2D eigenvalue weighted by Crippen LogP contribution is -2.41. The minimum Gasteiger partial charge on any atom is -0.274 e. The second-order valence-electron chi connectivity index (χ2n) is 6.47. The van der Waals surface area contributed by atoms with Gasteiger partial charge >= 0.3 is 11.9 Å². The van der Waals surface area contributed by atoms with Gasteiger partial charge in [0.25, 0.3) is 5.69 Å². The summed E-state index contributed by atoms with van der Waals surface area (Å²) < 4.78 is 66.6. The van der Waals surface area contributed by atoms with E-state index in [0.717, 1.165) is 28.2 Å². The van der Waals surface area contributed by atoms with Gasteiger partial charge in [-0.2, -0.15) is 17.5 Å². The van der Waals surface area contributed by atoms with Crippen LogP contribution in [-0.4, -0.2) is 45.1 Å². The molecule has 1 aliphatic heterocycles. The molecule has 1 aromatic carbocycles. The van der Waals surface area contributed by atoms with Gasteiger partial charge in [0.2, 0.25) is 15.8 Å². The normalized spacial score (nSPS) is 16.8. The van der Waals surface area contributed by atoms with Crippen molar-refractivity contribution < 1.29 is 26.5 Å². The standard InChI is InChI=1S/C15H16F3N5O5S/c1-20-13(15(16,17)18)19-22(14(20)24)10-6-8-21(9-7-10)29(27,28)12-5-3-2-4-11(12)23(25)26/h2-5,10H,6-9H2,1H3. The first-order valence-corrected chi connectivity index (χ1v) is 9.85. The Bertz CT molecular complexity index is 1100. The molecule has 2 aromatic rings. The van der Waals surface area contributed by atoms with Crippen LogP contribution in [-0.2, 0) is 23.2 Å². The van der Waals surface area contributed by atoms with Gasteiger partial charge in [-0.3, -0.25) is 14.7 Å². The first kappa shape index (κ1) is 21.0. The SMILES string of the molecule is Cn1c(C(F)(F)F)nn(C2CCN(S(=O)(=O)c3ccccc3[N+](=O)[O-])CC2)c1=O. The third kappa shape index (κ3) is 3.76. The number of para-hydroxylation sites is 1. The highest BCUT2D eigenvalue weighted by molar-refractivity contribution is 7.89. The molecule has 1 aliphatic rings. The molecule has 158 valence electrons. The highest BCUT2D eigenvalue weighted by Gasteiger charge is 2.40. The van der Waals surface area contributed by atoms with E-state index in [9.17, 15) is 36.5 Å². The first-order valence-electron chi connectivity index (χ1n) is 8.41. The number of benzene rings is 1. The predicted molar refractivity (Wildman–Crippen MR) is 92.6 cm³/mol. The number of aromatic nitrogens is 3. The van der Waals surface area contributed by atoms with Gasteiger partial charge in [-0.1, -0.05) is 12.1 Å². The van der Waals surface area contributed by atoms with Crippen molar-refractivity contribution >= 4 is 15.7 Å². The largest absolute Gasteiger partial charge is 0.451 e. The molecule has 0 radical (unpaired) electrons. The van der Waals surface area contributed by atoms with Crippen LogP contribution in [0.25, 0.3) is 0 Å². The van der Waals surface area contributed by atoms with Crippen LogP contribution in [0.5, 0.6) is 0 Å². The summed E-state index contributed by atoms with van der Waals surface area (Å²) in [6, 6.07) is 4.18. The van der Waals surface area contributed by atoms with Gasteiger partial charge in [-0.15, -0.1) is 5.10 Å². The second kappa shape index (κ2) is 7.26. The molecule has 10 nitrogen and oxygen atoms in total. The number of hydrogen-bond acceptors (Lipinski definition) is 6. The average molecular weight is 435 g/mol. The fourth-order valence-corrected chi connectivity index (χ4v) is 4.86. The van der Waals surface area contributed by atoms with E-state index < -0.39 is 49.3 Å². The maximum Gasteiger partial charge on any atom is 0.451 e. The number of halogens is 3. The van der Waals surface area contributed by atoms with Crippen LogP contribution in [0.3, 0.4) is 0 Å². The van der Waals surface area contributed by atoms with E-state index in [2.05, 4.69) is 5.10 Å². The molecule has 0 N–H and O–H groups in total. The number of piperidine rings is 1. The molecule has 0 aliphatic carbocycles. The molecule has 14 heteroatoms. The summed E-state index contributed by atoms with van der Waals surface area (Å²) in [4.78, 5) is 22.0. The van der Waals surface area contributed by atoms with E-state index in [-0.39, 0.29) is 25.9 Å². The van der Waals surface area contributed by atoms with Crippen LogP contribution >= 0.6 is 0 Å². The zero-order valence-electron chi connectivity index (χ0n) is 15.0. The fourth-order valence-electron chi connectivity index (χ4n) is 3.23. The Labute approximate surface area is 162 Å². The zero-order valence-corrected chi connectivity index (χ0v) is 15.9. The highest BCUT2D eigenvalue weighted by atomic mass is 32.2. The minimum absolute atomic E-state index is 0.0358. The molecule has 1 saturated heterocycles. The number of nitro groups is 1. The molecule has 29 heavy (non-hydrogen) atoms. The fraction of sp³-hybridized carbons (Fsp3) is 0.467. The Morgan fingerprint density at radius 3 is 2.31 bits per heavy atom. The zero-order chi connectivity index (χ0) is 21.6. The highest BCUT2D eigenvalue weighted by Crippen LogP contribution is 2.31. The number of nitrogens with zero attached hydrogens (tertiary/aromatic N) is 5. The molecule has 2 heterocycles. The quantitative estimate of drug-likeness (QED) is 0.531. The number of rotatable bonds is 4. The van der Waals surface area contributed by atoms with Crippen LogP contribution < -0.4 is 5.69 Å². The summed E-state index contributed by atoms with van der Waals surface area (Å²) >= 11 is 0. The van der Waals surface area contributed by atoms with E-state index in [0.29, 0.717) is 4.57 Å². The van der Waals surface area contributed by atoms with Crippen molar-refractivity contribution in [3.63, 3.8) is 0 Å². The second-order valence-corrected chi connectivity index (χ2v) is 8.37. The maximum absolute atomic E-state index is 12.9. The van der Waals surface area contributed by atoms with Gasteiger partial charge in [-0.25, -0.2) is 17.9 Å². The lowest BCUT2D eigenvalue weighted by molar-refractivity contribution is -0.387. The summed E-state index contributed by atoms with van der Waals surface area (Å²) in [7, 11) is -3.22. The first-order chi connectivity index (χ1) is 13.4. The molecule has 0 amide bonds. The topological polar surface area (TPSA) is 120 Å². The molecule has 3 rings (SSSR count). The molecule has 0 bridgehead atoms. The van der Waals surface area contributed by atoms with E-state index in [1.807, 2.05) is 0 Å². The van der Waals surface area contributed by atoms with Crippen molar-refractivity contribution in [2.75, 3.05) is 13.1 Å². The summed E-state index contributed by atoms with van der Waals surface area (Å²) in [5.74, 6) is -1.34. The smallest absolute Gasteiger partial charge is 0.274 e. The number of nitro benzene ring substituents is 1. The Kier molecular flexibility index (Phi) is 5.25. The van der Waals surface area contributed by atoms with Gasteiger partial charge < -0.3 is 0 Å². The Morgan fingerprint density at radius 1 is 1.21 bits per heavy atom. The van der Waals surface area contributed by atoms with Crippen LogP contribution in [0.15, 0.2) is 34.0 Å². The van der Waals surface area contributed by atoms with E-state index >= 15 is 0 Å². The van der Waals surface area contributed by atoms with Crippen molar-refractivity contribution in [3.8, 4) is 0 Å². The van der Waals surface area contributed by atoms with Gasteiger partial charge in [0.1, 0.15) is 0 Å². The number of alkyl halides is 3. The van der Waals surface area contributed by atoms with Crippen molar-refractivity contribution in [3.05, 3.63) is 50.7 Å². The maximum atomic E-state index is 12.9. The third-order valence-electron chi connectivity index (χ3n) is 4.71. The molecular weight excluding hydrogens is 419 g/mol. The van der Waals surface area contributed by atoms with Crippen LogP contribution in [0.1, 0.15) is 24.7 Å². The predicted octanol–water partition coefficient (Wildman–Crippen LogP) is 1.53. The van der Waals surface area contributed by atoms with Crippen molar-refractivity contribution in [2.45, 2.75) is 30.0 Å².